The average Bonchev–Trinajstić information content (AvgIpc) is 2.73. The third kappa shape index (κ3) is 4.84. The summed E-state index contributed by atoms with van der Waals surface area (Å²) in [7, 11) is -0.262. The number of carbonyl (C=O) groups excluding carboxylic acids is 1. The van der Waals surface area contributed by atoms with Crippen LogP contribution < -0.4 is 9.47 Å². The lowest BCUT2D eigenvalue weighted by Gasteiger charge is -2.43. The minimum atomic E-state index is -3.31. The lowest BCUT2D eigenvalue weighted by atomic mass is 9.97. The summed E-state index contributed by atoms with van der Waals surface area (Å²) in [6.07, 6.45) is 4.17. The second kappa shape index (κ2) is 9.32. The molecule has 0 radical (unpaired) electrons. The first-order valence-corrected chi connectivity index (χ1v) is 11.8. The highest BCUT2D eigenvalue weighted by molar-refractivity contribution is 7.88. The normalized spacial score (nSPS) is 21.6. The quantitative estimate of drug-likeness (QED) is 0.689. The van der Waals surface area contributed by atoms with Crippen molar-refractivity contribution in [3.63, 3.8) is 0 Å². The van der Waals surface area contributed by atoms with E-state index in [1.54, 1.807) is 18.2 Å². The van der Waals surface area contributed by atoms with Gasteiger partial charge in [0.2, 0.25) is 10.0 Å². The van der Waals surface area contributed by atoms with E-state index in [-0.39, 0.29) is 18.0 Å². The zero-order valence-electron chi connectivity index (χ0n) is 17.3. The van der Waals surface area contributed by atoms with Gasteiger partial charge in [0.15, 0.2) is 11.5 Å². The monoisotopic (exact) mass is 426 g/mol. The molecule has 2 fully saturated rings. The molecule has 162 valence electrons. The third-order valence-corrected chi connectivity index (χ3v) is 6.94. The number of hydrogen-bond acceptors (Lipinski definition) is 6. The Morgan fingerprint density at radius 2 is 1.86 bits per heavy atom. The van der Waals surface area contributed by atoms with Crippen molar-refractivity contribution in [1.82, 2.24) is 9.21 Å². The molecule has 29 heavy (non-hydrogen) atoms. The molecule has 0 aliphatic carbocycles. The summed E-state index contributed by atoms with van der Waals surface area (Å²) in [6, 6.07) is 5.05. The van der Waals surface area contributed by atoms with Crippen LogP contribution in [0.5, 0.6) is 11.5 Å². The van der Waals surface area contributed by atoms with Crippen LogP contribution in [-0.4, -0.2) is 82.4 Å². The van der Waals surface area contributed by atoms with E-state index in [9.17, 15) is 13.2 Å². The summed E-state index contributed by atoms with van der Waals surface area (Å²) >= 11 is 0. The summed E-state index contributed by atoms with van der Waals surface area (Å²) in [5.74, 6) is 0.729. The van der Waals surface area contributed by atoms with Crippen LogP contribution in [0.1, 0.15) is 36.0 Å². The van der Waals surface area contributed by atoms with E-state index in [0.29, 0.717) is 43.4 Å². The molecule has 1 aromatic carbocycles. The van der Waals surface area contributed by atoms with Crippen LogP contribution >= 0.6 is 0 Å². The Morgan fingerprint density at radius 1 is 1.14 bits per heavy atom. The highest BCUT2D eigenvalue weighted by atomic mass is 32.2. The molecule has 1 aromatic rings. The fraction of sp³-hybridized carbons (Fsp3) is 0.650. The van der Waals surface area contributed by atoms with Crippen molar-refractivity contribution in [1.29, 1.82) is 0 Å². The number of piperidine rings is 1. The zero-order chi connectivity index (χ0) is 21.0. The van der Waals surface area contributed by atoms with Gasteiger partial charge in [-0.05, 0) is 37.8 Å². The molecule has 8 nitrogen and oxygen atoms in total. The van der Waals surface area contributed by atoms with Crippen molar-refractivity contribution in [2.24, 2.45) is 0 Å². The van der Waals surface area contributed by atoms with Crippen molar-refractivity contribution in [2.75, 3.05) is 46.8 Å². The smallest absolute Gasteiger partial charge is 0.258 e. The summed E-state index contributed by atoms with van der Waals surface area (Å²) in [4.78, 5) is 15.6. The molecule has 0 saturated carbocycles. The van der Waals surface area contributed by atoms with E-state index in [1.165, 1.54) is 24.8 Å². The van der Waals surface area contributed by atoms with Gasteiger partial charge in [-0.25, -0.2) is 12.7 Å². The number of nitrogens with zero attached hydrogens (tertiary/aromatic N) is 2. The van der Waals surface area contributed by atoms with Crippen molar-refractivity contribution in [3.8, 4) is 11.5 Å². The molecule has 9 heteroatoms. The Labute approximate surface area is 172 Å². The van der Waals surface area contributed by atoms with Crippen LogP contribution in [0.25, 0.3) is 0 Å². The molecule has 2 saturated heterocycles. The predicted molar refractivity (Wildman–Crippen MR) is 109 cm³/mol. The van der Waals surface area contributed by atoms with E-state index in [0.717, 1.165) is 25.7 Å². The van der Waals surface area contributed by atoms with Crippen LogP contribution in [0, 0.1) is 0 Å². The summed E-state index contributed by atoms with van der Waals surface area (Å²) in [5.41, 5.74) is 0.426. The third-order valence-electron chi connectivity index (χ3n) is 5.67. The number of sulfonamides is 1. The Balaban J connectivity index is 1.97. The number of ether oxygens (including phenoxy) is 3. The minimum Gasteiger partial charge on any atom is -0.493 e. The van der Waals surface area contributed by atoms with Crippen molar-refractivity contribution in [2.45, 2.75) is 37.8 Å². The first kappa shape index (κ1) is 21.9. The molecule has 2 aliphatic rings. The molecule has 0 spiro atoms. The van der Waals surface area contributed by atoms with Crippen LogP contribution in [0.3, 0.4) is 0 Å². The molecule has 1 atom stereocenters. The summed E-state index contributed by atoms with van der Waals surface area (Å²) in [6.45, 7) is 1.99. The van der Waals surface area contributed by atoms with Gasteiger partial charge < -0.3 is 19.1 Å². The van der Waals surface area contributed by atoms with Crippen molar-refractivity contribution in [3.05, 3.63) is 23.8 Å². The molecular formula is C20H30N2O6S. The fourth-order valence-electron chi connectivity index (χ4n) is 4.24. The van der Waals surface area contributed by atoms with E-state index in [1.807, 2.05) is 4.90 Å². The summed E-state index contributed by atoms with van der Waals surface area (Å²) < 4.78 is 42.0. The van der Waals surface area contributed by atoms with Gasteiger partial charge in [0.25, 0.3) is 5.91 Å². The van der Waals surface area contributed by atoms with Crippen molar-refractivity contribution >= 4 is 15.9 Å². The van der Waals surface area contributed by atoms with Crippen LogP contribution in [0.4, 0.5) is 0 Å². The average molecular weight is 427 g/mol. The summed E-state index contributed by atoms with van der Waals surface area (Å²) in [5, 5.41) is 0. The molecule has 3 rings (SSSR count). The Bertz CT molecular complexity index is 822. The number of benzene rings is 1. The fourth-order valence-corrected chi connectivity index (χ4v) is 5.14. The number of hydrogen-bond donors (Lipinski definition) is 0. The lowest BCUT2D eigenvalue weighted by molar-refractivity contribution is 0.00844. The highest BCUT2D eigenvalue weighted by Crippen LogP contribution is 2.34. The Kier molecular flexibility index (Phi) is 7.02. The van der Waals surface area contributed by atoms with Crippen molar-refractivity contribution < 1.29 is 27.4 Å². The van der Waals surface area contributed by atoms with Crippen LogP contribution in [0.2, 0.25) is 0 Å². The maximum atomic E-state index is 13.7. The van der Waals surface area contributed by atoms with Gasteiger partial charge in [-0.3, -0.25) is 4.79 Å². The van der Waals surface area contributed by atoms with Gasteiger partial charge in [-0.15, -0.1) is 0 Å². The van der Waals surface area contributed by atoms with Gasteiger partial charge >= 0.3 is 0 Å². The van der Waals surface area contributed by atoms with Gasteiger partial charge in [0.1, 0.15) is 0 Å². The predicted octanol–water partition coefficient (Wildman–Crippen LogP) is 1.75. The van der Waals surface area contributed by atoms with E-state index in [2.05, 4.69) is 0 Å². The number of amides is 1. The Morgan fingerprint density at radius 3 is 2.48 bits per heavy atom. The second-order valence-corrected chi connectivity index (χ2v) is 9.50. The highest BCUT2D eigenvalue weighted by Gasteiger charge is 2.38. The van der Waals surface area contributed by atoms with E-state index >= 15 is 0 Å². The lowest BCUT2D eigenvalue weighted by Crippen LogP contribution is -2.56. The Hall–Kier alpha value is -1.84. The van der Waals surface area contributed by atoms with Gasteiger partial charge in [-0.2, -0.15) is 0 Å². The van der Waals surface area contributed by atoms with E-state index in [4.69, 9.17) is 14.2 Å². The molecule has 0 N–H and O–H groups in total. The van der Waals surface area contributed by atoms with Gasteiger partial charge in [-0.1, -0.05) is 6.07 Å². The zero-order valence-corrected chi connectivity index (χ0v) is 18.1. The number of methoxy groups -OCH3 is 2. The first-order valence-electron chi connectivity index (χ1n) is 9.93. The SMILES string of the molecule is COc1cccc(C(=O)N(C2CCOCC2)C2CCCN(S(C)(=O)=O)C2)c1OC. The van der Waals surface area contributed by atoms with Gasteiger partial charge in [0.05, 0.1) is 26.0 Å². The largest absolute Gasteiger partial charge is 0.493 e. The molecule has 2 heterocycles. The van der Waals surface area contributed by atoms with Crippen LogP contribution in [-0.2, 0) is 14.8 Å². The maximum Gasteiger partial charge on any atom is 0.258 e. The number of rotatable bonds is 6. The molecular weight excluding hydrogens is 396 g/mol. The van der Waals surface area contributed by atoms with Crippen LogP contribution in [0.15, 0.2) is 18.2 Å². The molecule has 2 aliphatic heterocycles. The van der Waals surface area contributed by atoms with E-state index < -0.39 is 10.0 Å². The number of para-hydroxylation sites is 1. The minimum absolute atomic E-state index is 0.00309. The first-order chi connectivity index (χ1) is 13.9. The standard InChI is InChI=1S/C20H30N2O6S/c1-26-18-8-4-7-17(19(18)27-2)20(23)22(15-9-12-28-13-10-15)16-6-5-11-21(14-16)29(3,24)25/h4,7-8,15-16H,5-6,9-14H2,1-3H3. The molecule has 1 unspecified atom stereocenters. The molecule has 0 bridgehead atoms. The van der Waals surface area contributed by atoms with Gasteiger partial charge in [0, 0.05) is 38.4 Å². The topological polar surface area (TPSA) is 85.4 Å². The second-order valence-electron chi connectivity index (χ2n) is 7.51. The molecule has 0 aromatic heterocycles. The molecule has 1 amide bonds. The number of carbonyl (C=O) groups is 1. The maximum absolute atomic E-state index is 13.7.